The van der Waals surface area contributed by atoms with Gasteiger partial charge in [-0.3, -0.25) is 4.79 Å². The molecule has 0 radical (unpaired) electrons. The second-order valence-electron chi connectivity index (χ2n) is 6.67. The molecule has 132 valence electrons. The molecule has 0 aromatic rings. The number of carboxylic acid groups (broad SMARTS) is 1. The van der Waals surface area contributed by atoms with E-state index in [0.717, 1.165) is 4.90 Å². The maximum atomic E-state index is 12.0. The highest BCUT2D eigenvalue weighted by Crippen LogP contribution is 2.19. The van der Waals surface area contributed by atoms with Crippen molar-refractivity contribution in [2.24, 2.45) is 5.92 Å². The van der Waals surface area contributed by atoms with Gasteiger partial charge in [-0.05, 0) is 39.5 Å². The molecule has 1 aliphatic heterocycles. The summed E-state index contributed by atoms with van der Waals surface area (Å²) in [6.45, 7) is 5.89. The van der Waals surface area contributed by atoms with Crippen LogP contribution in [0.15, 0.2) is 0 Å². The summed E-state index contributed by atoms with van der Waals surface area (Å²) in [6, 6.07) is -0.974. The first-order valence-electron chi connectivity index (χ1n) is 7.64. The lowest BCUT2D eigenvalue weighted by Gasteiger charge is -2.29. The van der Waals surface area contributed by atoms with E-state index in [1.807, 2.05) is 0 Å². The van der Waals surface area contributed by atoms with Crippen LogP contribution in [0.2, 0.25) is 0 Å². The molecular weight excluding hydrogens is 304 g/mol. The number of rotatable bonds is 5. The van der Waals surface area contributed by atoms with Crippen LogP contribution in [-0.4, -0.2) is 66.4 Å². The zero-order valence-corrected chi connectivity index (χ0v) is 14.1. The third-order valence-electron chi connectivity index (χ3n) is 3.41. The Morgan fingerprint density at radius 2 is 1.87 bits per heavy atom. The topological polar surface area (TPSA) is 105 Å². The van der Waals surface area contributed by atoms with Crippen molar-refractivity contribution in [3.63, 3.8) is 0 Å². The largest absolute Gasteiger partial charge is 0.480 e. The molecule has 1 aliphatic rings. The van der Waals surface area contributed by atoms with Gasteiger partial charge in [-0.1, -0.05) is 0 Å². The Balaban J connectivity index is 2.55. The average Bonchev–Trinajstić information content (AvgIpc) is 2.43. The van der Waals surface area contributed by atoms with Gasteiger partial charge in [0.1, 0.15) is 18.2 Å². The summed E-state index contributed by atoms with van der Waals surface area (Å²) in [7, 11) is 1.43. The van der Waals surface area contributed by atoms with Crippen molar-refractivity contribution in [1.82, 2.24) is 10.2 Å². The molecule has 0 saturated carbocycles. The fraction of sp³-hybridized carbons (Fsp3) is 0.800. The van der Waals surface area contributed by atoms with Crippen LogP contribution in [0, 0.1) is 5.92 Å². The number of aliphatic carboxylic acids is 1. The van der Waals surface area contributed by atoms with E-state index < -0.39 is 29.6 Å². The standard InChI is InChI=1S/C15H26N2O6/c1-15(2,3)23-14(21)17(4)9-11(18)16-12(13(19)20)10-5-7-22-8-6-10/h10,12H,5-9H2,1-4H3,(H,16,18)(H,19,20). The molecule has 1 fully saturated rings. The van der Waals surface area contributed by atoms with Crippen LogP contribution in [-0.2, 0) is 19.1 Å². The van der Waals surface area contributed by atoms with E-state index in [4.69, 9.17) is 9.47 Å². The van der Waals surface area contributed by atoms with Gasteiger partial charge in [-0.15, -0.1) is 0 Å². The quantitative estimate of drug-likeness (QED) is 0.774. The molecule has 2 N–H and O–H groups in total. The van der Waals surface area contributed by atoms with Gasteiger partial charge < -0.3 is 24.8 Å². The first-order valence-corrected chi connectivity index (χ1v) is 7.64. The predicted molar refractivity (Wildman–Crippen MR) is 82.0 cm³/mol. The minimum absolute atomic E-state index is 0.169. The van der Waals surface area contributed by atoms with E-state index in [9.17, 15) is 19.5 Å². The summed E-state index contributed by atoms with van der Waals surface area (Å²) in [4.78, 5) is 36.3. The molecule has 1 saturated heterocycles. The molecule has 2 amide bonds. The number of hydrogen-bond acceptors (Lipinski definition) is 5. The Labute approximate surface area is 136 Å². The van der Waals surface area contributed by atoms with Crippen LogP contribution in [0.25, 0.3) is 0 Å². The number of likely N-dealkylation sites (N-methyl/N-ethyl adjacent to an activating group) is 1. The van der Waals surface area contributed by atoms with Crippen molar-refractivity contribution in [3.8, 4) is 0 Å². The van der Waals surface area contributed by atoms with Crippen molar-refractivity contribution in [3.05, 3.63) is 0 Å². The van der Waals surface area contributed by atoms with Gasteiger partial charge in [-0.25, -0.2) is 9.59 Å². The number of carbonyl (C=O) groups excluding carboxylic acids is 2. The highest BCUT2D eigenvalue weighted by Gasteiger charge is 2.31. The molecule has 1 rings (SSSR count). The third-order valence-corrected chi connectivity index (χ3v) is 3.41. The number of amides is 2. The molecule has 0 aromatic carbocycles. The smallest absolute Gasteiger partial charge is 0.410 e. The molecule has 1 heterocycles. The molecule has 0 aromatic heterocycles. The van der Waals surface area contributed by atoms with Crippen LogP contribution in [0.3, 0.4) is 0 Å². The molecule has 8 nitrogen and oxygen atoms in total. The lowest BCUT2D eigenvalue weighted by atomic mass is 9.91. The van der Waals surface area contributed by atoms with E-state index in [1.54, 1.807) is 20.8 Å². The van der Waals surface area contributed by atoms with Gasteiger partial charge in [0.25, 0.3) is 0 Å². The number of carbonyl (C=O) groups is 3. The molecule has 0 bridgehead atoms. The Kier molecular flexibility index (Phi) is 6.80. The molecular formula is C15H26N2O6. The number of nitrogens with one attached hydrogen (secondary N) is 1. The van der Waals surface area contributed by atoms with Crippen molar-refractivity contribution in [2.45, 2.75) is 45.3 Å². The summed E-state index contributed by atoms with van der Waals surface area (Å²) in [5, 5.41) is 11.8. The first kappa shape index (κ1) is 19.2. The number of ether oxygens (including phenoxy) is 2. The SMILES string of the molecule is CN(CC(=O)NC(C(=O)O)C1CCOCC1)C(=O)OC(C)(C)C. The van der Waals surface area contributed by atoms with E-state index >= 15 is 0 Å². The number of hydrogen-bond donors (Lipinski definition) is 2. The predicted octanol–water partition coefficient (Wildman–Crippen LogP) is 0.849. The highest BCUT2D eigenvalue weighted by atomic mass is 16.6. The summed E-state index contributed by atoms with van der Waals surface area (Å²) < 4.78 is 10.3. The highest BCUT2D eigenvalue weighted by molar-refractivity contribution is 5.86. The first-order chi connectivity index (χ1) is 10.6. The summed E-state index contributed by atoms with van der Waals surface area (Å²) in [5.74, 6) is -1.78. The molecule has 0 aliphatic carbocycles. The van der Waals surface area contributed by atoms with Gasteiger partial charge in [0.15, 0.2) is 0 Å². The van der Waals surface area contributed by atoms with Gasteiger partial charge in [0, 0.05) is 20.3 Å². The Hall–Kier alpha value is -1.83. The van der Waals surface area contributed by atoms with Crippen molar-refractivity contribution in [1.29, 1.82) is 0 Å². The lowest BCUT2D eigenvalue weighted by molar-refractivity contribution is -0.144. The van der Waals surface area contributed by atoms with Crippen molar-refractivity contribution < 1.29 is 29.0 Å². The minimum atomic E-state index is -1.08. The van der Waals surface area contributed by atoms with E-state index in [1.165, 1.54) is 7.05 Å². The lowest BCUT2D eigenvalue weighted by Crippen LogP contribution is -2.50. The number of carboxylic acids is 1. The summed E-state index contributed by atoms with van der Waals surface area (Å²) >= 11 is 0. The molecule has 1 atom stereocenters. The second-order valence-corrected chi connectivity index (χ2v) is 6.67. The van der Waals surface area contributed by atoms with E-state index in [0.29, 0.717) is 26.1 Å². The maximum absolute atomic E-state index is 12.0. The fourth-order valence-corrected chi connectivity index (χ4v) is 2.27. The van der Waals surface area contributed by atoms with Crippen molar-refractivity contribution in [2.75, 3.05) is 26.8 Å². The van der Waals surface area contributed by atoms with E-state index in [2.05, 4.69) is 5.32 Å². The monoisotopic (exact) mass is 330 g/mol. The van der Waals surface area contributed by atoms with Gasteiger partial charge in [0.05, 0.1) is 0 Å². The second kappa shape index (κ2) is 8.14. The average molecular weight is 330 g/mol. The summed E-state index contributed by atoms with van der Waals surface area (Å²) in [6.07, 6.45) is 0.531. The van der Waals surface area contributed by atoms with Gasteiger partial charge in [-0.2, -0.15) is 0 Å². The maximum Gasteiger partial charge on any atom is 0.410 e. The Bertz CT molecular complexity index is 440. The number of nitrogens with zero attached hydrogens (tertiary/aromatic N) is 1. The van der Waals surface area contributed by atoms with Gasteiger partial charge in [0.2, 0.25) is 5.91 Å². The van der Waals surface area contributed by atoms with Crippen LogP contribution >= 0.6 is 0 Å². The minimum Gasteiger partial charge on any atom is -0.480 e. The molecule has 1 unspecified atom stereocenters. The Morgan fingerprint density at radius 1 is 1.30 bits per heavy atom. The summed E-state index contributed by atoms with van der Waals surface area (Å²) in [5.41, 5.74) is -0.659. The van der Waals surface area contributed by atoms with Gasteiger partial charge >= 0.3 is 12.1 Å². The Morgan fingerprint density at radius 3 is 2.35 bits per heavy atom. The van der Waals surface area contributed by atoms with Crippen LogP contribution in [0.4, 0.5) is 4.79 Å². The van der Waals surface area contributed by atoms with E-state index in [-0.39, 0.29) is 12.5 Å². The molecule has 0 spiro atoms. The van der Waals surface area contributed by atoms with Crippen LogP contribution in [0.5, 0.6) is 0 Å². The van der Waals surface area contributed by atoms with Crippen LogP contribution in [0.1, 0.15) is 33.6 Å². The third kappa shape index (κ3) is 6.85. The van der Waals surface area contributed by atoms with Crippen molar-refractivity contribution >= 4 is 18.0 Å². The fourth-order valence-electron chi connectivity index (χ4n) is 2.27. The van der Waals surface area contributed by atoms with Crippen LogP contribution < -0.4 is 5.32 Å². The normalized spacial score (nSPS) is 17.2. The molecule has 8 heteroatoms. The zero-order valence-electron chi connectivity index (χ0n) is 14.1. The zero-order chi connectivity index (χ0) is 17.6. The molecule has 23 heavy (non-hydrogen) atoms.